The topological polar surface area (TPSA) is 56.0 Å². The summed E-state index contributed by atoms with van der Waals surface area (Å²) >= 11 is 0. The van der Waals surface area contributed by atoms with Gasteiger partial charge in [-0.3, -0.25) is 4.79 Å². The van der Waals surface area contributed by atoms with Gasteiger partial charge in [0.05, 0.1) is 11.8 Å². The number of Topliss-reactive ketones (excluding diaryl/α,β-unsaturated/α-hetero) is 1. The summed E-state index contributed by atoms with van der Waals surface area (Å²) in [7, 11) is 0. The van der Waals surface area contributed by atoms with Gasteiger partial charge in [0.15, 0.2) is 5.82 Å². The molecule has 0 aliphatic heterocycles. The van der Waals surface area contributed by atoms with Gasteiger partial charge in [-0.1, -0.05) is 36.3 Å². The highest BCUT2D eigenvalue weighted by atomic mass is 16.5. The van der Waals surface area contributed by atoms with E-state index in [0.29, 0.717) is 18.1 Å². The average Bonchev–Trinajstić information content (AvgIpc) is 2.87. The molecule has 1 heterocycles. The van der Waals surface area contributed by atoms with E-state index >= 15 is 0 Å². The standard InChI is InChI=1S/C15H16N2O2/c1-3-13(18)9(2)15-16-14(17-19-15)12-8-10-6-4-5-7-11(10)12/h4-7,9,12H,3,8H2,1-2H3. The van der Waals surface area contributed by atoms with Crippen molar-refractivity contribution in [3.05, 3.63) is 47.1 Å². The largest absolute Gasteiger partial charge is 0.339 e. The van der Waals surface area contributed by atoms with Crippen molar-refractivity contribution in [2.45, 2.75) is 38.5 Å². The summed E-state index contributed by atoms with van der Waals surface area (Å²) in [5, 5.41) is 4.04. The molecule has 2 atom stereocenters. The molecule has 19 heavy (non-hydrogen) atoms. The number of rotatable bonds is 4. The Morgan fingerprint density at radius 2 is 2.26 bits per heavy atom. The molecule has 1 aromatic heterocycles. The molecule has 4 nitrogen and oxygen atoms in total. The maximum absolute atomic E-state index is 11.6. The van der Waals surface area contributed by atoms with E-state index in [9.17, 15) is 4.79 Å². The minimum Gasteiger partial charge on any atom is -0.339 e. The van der Waals surface area contributed by atoms with E-state index in [4.69, 9.17) is 4.52 Å². The first kappa shape index (κ1) is 12.1. The van der Waals surface area contributed by atoms with Crippen LogP contribution in [0.1, 0.15) is 54.9 Å². The van der Waals surface area contributed by atoms with E-state index in [2.05, 4.69) is 22.3 Å². The first-order valence-electron chi connectivity index (χ1n) is 6.64. The number of ketones is 1. The number of hydrogen-bond donors (Lipinski definition) is 0. The molecule has 0 fully saturated rings. The third-order valence-corrected chi connectivity index (χ3v) is 3.83. The Morgan fingerprint density at radius 1 is 1.47 bits per heavy atom. The summed E-state index contributed by atoms with van der Waals surface area (Å²) in [6.45, 7) is 3.66. The van der Waals surface area contributed by atoms with Gasteiger partial charge in [-0.15, -0.1) is 0 Å². The lowest BCUT2D eigenvalue weighted by atomic mass is 9.77. The van der Waals surface area contributed by atoms with E-state index < -0.39 is 0 Å². The fourth-order valence-electron chi connectivity index (χ4n) is 2.50. The normalized spacial score (nSPS) is 18.5. The molecule has 4 heteroatoms. The van der Waals surface area contributed by atoms with Crippen LogP contribution in [-0.2, 0) is 11.2 Å². The third-order valence-electron chi connectivity index (χ3n) is 3.83. The van der Waals surface area contributed by atoms with Crippen molar-refractivity contribution in [2.75, 3.05) is 0 Å². The Hall–Kier alpha value is -1.97. The maximum atomic E-state index is 11.6. The van der Waals surface area contributed by atoms with Gasteiger partial charge < -0.3 is 4.52 Å². The molecule has 0 radical (unpaired) electrons. The van der Waals surface area contributed by atoms with Crippen LogP contribution in [0.4, 0.5) is 0 Å². The third kappa shape index (κ3) is 1.97. The van der Waals surface area contributed by atoms with Crippen molar-refractivity contribution in [2.24, 2.45) is 0 Å². The second-order valence-electron chi connectivity index (χ2n) is 4.99. The van der Waals surface area contributed by atoms with Gasteiger partial charge >= 0.3 is 0 Å². The Morgan fingerprint density at radius 3 is 3.00 bits per heavy atom. The smallest absolute Gasteiger partial charge is 0.236 e. The van der Waals surface area contributed by atoms with Gasteiger partial charge in [0.25, 0.3) is 0 Å². The van der Waals surface area contributed by atoms with Crippen LogP contribution in [0.5, 0.6) is 0 Å². The SMILES string of the molecule is CCC(=O)C(C)c1nc(C2Cc3ccccc32)no1. The molecule has 0 amide bonds. The highest BCUT2D eigenvalue weighted by molar-refractivity contribution is 5.83. The summed E-state index contributed by atoms with van der Waals surface area (Å²) in [4.78, 5) is 16.0. The lowest BCUT2D eigenvalue weighted by molar-refractivity contribution is -0.120. The Kier molecular flexibility index (Phi) is 2.93. The summed E-state index contributed by atoms with van der Waals surface area (Å²) < 4.78 is 5.24. The second kappa shape index (κ2) is 4.61. The van der Waals surface area contributed by atoms with E-state index in [0.717, 1.165) is 6.42 Å². The predicted molar refractivity (Wildman–Crippen MR) is 70.0 cm³/mol. The molecular weight excluding hydrogens is 240 g/mol. The minimum absolute atomic E-state index is 0.129. The van der Waals surface area contributed by atoms with Gasteiger partial charge in [0.2, 0.25) is 5.89 Å². The van der Waals surface area contributed by atoms with Crippen molar-refractivity contribution in [3.8, 4) is 0 Å². The zero-order valence-electron chi connectivity index (χ0n) is 11.1. The molecule has 2 aromatic rings. The van der Waals surface area contributed by atoms with Gasteiger partial charge in [-0.25, -0.2) is 0 Å². The Labute approximate surface area is 111 Å². The molecule has 0 spiro atoms. The molecule has 98 valence electrons. The lowest BCUT2D eigenvalue weighted by Crippen LogP contribution is -2.19. The lowest BCUT2D eigenvalue weighted by Gasteiger charge is -2.27. The molecular formula is C15H16N2O2. The summed E-state index contributed by atoms with van der Waals surface area (Å²) in [5.74, 6) is 1.18. The number of carbonyl (C=O) groups excluding carboxylic acids is 1. The van der Waals surface area contributed by atoms with Crippen LogP contribution in [0, 0.1) is 0 Å². The molecule has 0 saturated heterocycles. The van der Waals surface area contributed by atoms with Gasteiger partial charge in [-0.2, -0.15) is 4.98 Å². The fraction of sp³-hybridized carbons (Fsp3) is 0.400. The fourth-order valence-corrected chi connectivity index (χ4v) is 2.50. The average molecular weight is 256 g/mol. The van der Waals surface area contributed by atoms with Crippen molar-refractivity contribution < 1.29 is 9.32 Å². The highest BCUT2D eigenvalue weighted by Gasteiger charge is 2.32. The van der Waals surface area contributed by atoms with Crippen LogP contribution >= 0.6 is 0 Å². The van der Waals surface area contributed by atoms with Crippen molar-refractivity contribution in [1.82, 2.24) is 10.1 Å². The second-order valence-corrected chi connectivity index (χ2v) is 4.99. The van der Waals surface area contributed by atoms with E-state index in [-0.39, 0.29) is 17.6 Å². The van der Waals surface area contributed by atoms with Crippen LogP contribution in [0.3, 0.4) is 0 Å². The van der Waals surface area contributed by atoms with Crippen molar-refractivity contribution in [1.29, 1.82) is 0 Å². The first-order valence-corrected chi connectivity index (χ1v) is 6.64. The van der Waals surface area contributed by atoms with Gasteiger partial charge in [0, 0.05) is 6.42 Å². The highest BCUT2D eigenvalue weighted by Crippen LogP contribution is 2.38. The van der Waals surface area contributed by atoms with Crippen LogP contribution < -0.4 is 0 Å². The number of nitrogens with zero attached hydrogens (tertiary/aromatic N) is 2. The molecule has 1 aliphatic rings. The minimum atomic E-state index is -0.304. The molecule has 0 saturated carbocycles. The molecule has 1 aliphatic carbocycles. The van der Waals surface area contributed by atoms with E-state index in [1.54, 1.807) is 0 Å². The van der Waals surface area contributed by atoms with Crippen molar-refractivity contribution >= 4 is 5.78 Å². The molecule has 3 rings (SSSR count). The zero-order chi connectivity index (χ0) is 13.4. The van der Waals surface area contributed by atoms with E-state index in [1.165, 1.54) is 11.1 Å². The zero-order valence-corrected chi connectivity index (χ0v) is 11.1. The predicted octanol–water partition coefficient (Wildman–Crippen LogP) is 2.84. The van der Waals surface area contributed by atoms with E-state index in [1.807, 2.05) is 26.0 Å². The van der Waals surface area contributed by atoms with Crippen LogP contribution in [0.15, 0.2) is 28.8 Å². The summed E-state index contributed by atoms with van der Waals surface area (Å²) in [6, 6.07) is 8.28. The Balaban J connectivity index is 1.82. The first-order chi connectivity index (χ1) is 9.20. The maximum Gasteiger partial charge on any atom is 0.236 e. The van der Waals surface area contributed by atoms with Crippen LogP contribution in [0.2, 0.25) is 0 Å². The number of benzene rings is 1. The van der Waals surface area contributed by atoms with Crippen molar-refractivity contribution in [3.63, 3.8) is 0 Å². The monoisotopic (exact) mass is 256 g/mol. The van der Waals surface area contributed by atoms with Gasteiger partial charge in [0.1, 0.15) is 5.78 Å². The van der Waals surface area contributed by atoms with Crippen LogP contribution in [0.25, 0.3) is 0 Å². The van der Waals surface area contributed by atoms with Crippen LogP contribution in [-0.4, -0.2) is 15.9 Å². The molecule has 1 aromatic carbocycles. The Bertz CT molecular complexity index is 618. The number of carbonyl (C=O) groups is 1. The quantitative estimate of drug-likeness (QED) is 0.844. The summed E-state index contributed by atoms with van der Waals surface area (Å²) in [6.07, 6.45) is 1.44. The number of hydrogen-bond acceptors (Lipinski definition) is 4. The molecule has 0 N–H and O–H groups in total. The summed E-state index contributed by atoms with van der Waals surface area (Å²) in [5.41, 5.74) is 2.61. The number of fused-ring (bicyclic) bond motifs is 1. The molecule has 0 bridgehead atoms. The van der Waals surface area contributed by atoms with Gasteiger partial charge in [-0.05, 0) is 24.5 Å². The number of aromatic nitrogens is 2. The molecule has 2 unspecified atom stereocenters.